The molecular formula is C65H45F6N15. The second kappa shape index (κ2) is 20.3. The summed E-state index contributed by atoms with van der Waals surface area (Å²) in [4.78, 5) is 55.1. The molecule has 0 aliphatic carbocycles. The number of nitrogens with zero attached hydrogens (tertiary/aromatic N) is 15. The lowest BCUT2D eigenvalue weighted by molar-refractivity contribution is -0.143. The summed E-state index contributed by atoms with van der Waals surface area (Å²) in [5, 5.41) is 13.7. The molecule has 7 aromatic carbocycles. The van der Waals surface area contributed by atoms with Crippen molar-refractivity contribution in [3.8, 4) is 85.2 Å². The van der Waals surface area contributed by atoms with Crippen molar-refractivity contribution in [1.82, 2.24) is 68.9 Å². The zero-order chi connectivity index (χ0) is 60.2. The standard InChI is InChI=1S/C65H45F6N15/c1-31-73-32(2)78-60(77-31)41-11-17-55-50(24-41)51-25-42(61-79-33(3)74-34(4)80-61)12-18-56(51)85(55)54-16-9-39(30-72)21-49(54)48-15-10-40(45-22-46(64(66,67)68)29-47(23-45)65(69,70)71)28-59(48)86-57-19-13-43(62-81-35(5)75-36(6)82-62)26-52(57)53-27-44(14-20-58(53)86)63-83-37(7)76-38(8)84-63/h9-29H,1-8H3. The first-order valence-electron chi connectivity index (χ1n) is 27.0. The molecule has 0 bridgehead atoms. The molecule has 0 radical (unpaired) electrons. The number of hydrogen-bond donors (Lipinski definition) is 0. The number of hydrogen-bond acceptors (Lipinski definition) is 13. The minimum absolute atomic E-state index is 0.0402. The van der Waals surface area contributed by atoms with Crippen LogP contribution in [0.15, 0.2) is 127 Å². The van der Waals surface area contributed by atoms with Gasteiger partial charge in [0.05, 0.1) is 56.2 Å². The van der Waals surface area contributed by atoms with E-state index in [-0.39, 0.29) is 22.8 Å². The van der Waals surface area contributed by atoms with Crippen LogP contribution in [0.1, 0.15) is 63.3 Å². The van der Waals surface area contributed by atoms with Gasteiger partial charge in [0.15, 0.2) is 23.3 Å². The highest BCUT2D eigenvalue weighted by Crippen LogP contribution is 2.46. The number of aryl methyl sites for hydroxylation is 8. The van der Waals surface area contributed by atoms with Crippen LogP contribution in [0.3, 0.4) is 0 Å². The Kier molecular flexibility index (Phi) is 12.8. The van der Waals surface area contributed by atoms with Gasteiger partial charge in [0.25, 0.3) is 0 Å². The Labute approximate surface area is 485 Å². The van der Waals surface area contributed by atoms with Gasteiger partial charge in [-0.3, -0.25) is 0 Å². The van der Waals surface area contributed by atoms with Gasteiger partial charge in [0.2, 0.25) is 0 Å². The summed E-state index contributed by atoms with van der Waals surface area (Å²) in [6.45, 7) is 14.3. The minimum atomic E-state index is -5.13. The largest absolute Gasteiger partial charge is 0.416 e. The van der Waals surface area contributed by atoms with E-state index in [4.69, 9.17) is 0 Å². The van der Waals surface area contributed by atoms with Crippen LogP contribution in [0.5, 0.6) is 0 Å². The lowest BCUT2D eigenvalue weighted by Gasteiger charge is -2.21. The van der Waals surface area contributed by atoms with Crippen molar-refractivity contribution in [2.45, 2.75) is 67.7 Å². The normalized spacial score (nSPS) is 12.1. The molecule has 21 heteroatoms. The molecule has 0 amide bonds. The quantitative estimate of drug-likeness (QED) is 0.131. The molecule has 13 rings (SSSR count). The second-order valence-electron chi connectivity index (χ2n) is 21.0. The Morgan fingerprint density at radius 2 is 0.640 bits per heavy atom. The number of halogens is 6. The van der Waals surface area contributed by atoms with Crippen LogP contribution in [0.2, 0.25) is 0 Å². The highest BCUT2D eigenvalue weighted by atomic mass is 19.4. The van der Waals surface area contributed by atoms with Crippen LogP contribution in [0, 0.1) is 66.7 Å². The Morgan fingerprint density at radius 3 is 0.965 bits per heavy atom. The predicted molar refractivity (Wildman–Crippen MR) is 314 cm³/mol. The molecule has 6 aromatic heterocycles. The van der Waals surface area contributed by atoms with E-state index in [1.54, 1.807) is 79.7 Å². The van der Waals surface area contributed by atoms with Crippen molar-refractivity contribution in [2.24, 2.45) is 0 Å². The molecule has 0 atom stereocenters. The van der Waals surface area contributed by atoms with E-state index in [1.165, 1.54) is 6.07 Å². The van der Waals surface area contributed by atoms with E-state index in [0.717, 1.165) is 33.9 Å². The summed E-state index contributed by atoms with van der Waals surface area (Å²) in [7, 11) is 0. The van der Waals surface area contributed by atoms with E-state index >= 15 is 0 Å². The molecule has 0 aliphatic heterocycles. The van der Waals surface area contributed by atoms with Crippen LogP contribution in [-0.4, -0.2) is 68.9 Å². The van der Waals surface area contributed by atoms with Gasteiger partial charge in [-0.15, -0.1) is 0 Å². The van der Waals surface area contributed by atoms with Gasteiger partial charge in [0.1, 0.15) is 46.6 Å². The van der Waals surface area contributed by atoms with Crippen molar-refractivity contribution < 1.29 is 26.3 Å². The van der Waals surface area contributed by atoms with Crippen molar-refractivity contribution >= 4 is 43.6 Å². The van der Waals surface area contributed by atoms with E-state index < -0.39 is 23.5 Å². The molecule has 0 saturated carbocycles. The van der Waals surface area contributed by atoms with E-state index in [9.17, 15) is 31.6 Å². The zero-order valence-corrected chi connectivity index (χ0v) is 47.1. The summed E-state index contributed by atoms with van der Waals surface area (Å²) >= 11 is 0. The van der Waals surface area contributed by atoms with Crippen molar-refractivity contribution in [3.63, 3.8) is 0 Å². The molecule has 86 heavy (non-hydrogen) atoms. The lowest BCUT2D eigenvalue weighted by Crippen LogP contribution is -2.11. The molecule has 0 aliphatic rings. The Bertz CT molecular complexity index is 4730. The second-order valence-corrected chi connectivity index (χ2v) is 21.0. The summed E-state index contributed by atoms with van der Waals surface area (Å²) in [6, 6.07) is 36.9. The van der Waals surface area contributed by atoms with E-state index in [2.05, 4.69) is 70.4 Å². The predicted octanol–water partition coefficient (Wildman–Crippen LogP) is 15.0. The maximum Gasteiger partial charge on any atom is 0.416 e. The Balaban J connectivity index is 1.14. The third-order valence-corrected chi connectivity index (χ3v) is 14.8. The minimum Gasteiger partial charge on any atom is -0.309 e. The van der Waals surface area contributed by atoms with Gasteiger partial charge in [-0.05, 0) is 182 Å². The highest BCUT2D eigenvalue weighted by Gasteiger charge is 2.37. The Hall–Kier alpha value is -10.8. The first kappa shape index (κ1) is 54.5. The number of rotatable bonds is 8. The number of benzene rings is 7. The summed E-state index contributed by atoms with van der Waals surface area (Å²) in [5.74, 6) is 5.93. The molecule has 13 aromatic rings. The highest BCUT2D eigenvalue weighted by molar-refractivity contribution is 6.14. The number of aromatic nitrogens is 14. The molecule has 15 nitrogen and oxygen atoms in total. The van der Waals surface area contributed by atoms with Crippen LogP contribution in [0.25, 0.3) is 123 Å². The average Bonchev–Trinajstić information content (AvgIpc) is 1.79. The molecule has 0 spiro atoms. The van der Waals surface area contributed by atoms with E-state index in [1.807, 2.05) is 83.4 Å². The average molecular weight is 1150 g/mol. The maximum absolute atomic E-state index is 14.7. The number of fused-ring (bicyclic) bond motifs is 6. The van der Waals surface area contributed by atoms with Gasteiger partial charge in [-0.25, -0.2) is 59.8 Å². The zero-order valence-electron chi connectivity index (χ0n) is 47.1. The van der Waals surface area contributed by atoms with Crippen molar-refractivity contribution in [2.75, 3.05) is 0 Å². The fourth-order valence-corrected chi connectivity index (χ4v) is 11.4. The summed E-state index contributed by atoms with van der Waals surface area (Å²) < 4.78 is 92.2. The monoisotopic (exact) mass is 1150 g/mol. The Morgan fingerprint density at radius 1 is 0.314 bits per heavy atom. The van der Waals surface area contributed by atoms with Crippen molar-refractivity contribution in [1.29, 1.82) is 5.26 Å². The van der Waals surface area contributed by atoms with Gasteiger partial charge in [-0.1, -0.05) is 12.1 Å². The summed E-state index contributed by atoms with van der Waals surface area (Å²) in [5.41, 5.74) is 4.22. The van der Waals surface area contributed by atoms with Crippen LogP contribution >= 0.6 is 0 Å². The van der Waals surface area contributed by atoms with Crippen LogP contribution in [-0.2, 0) is 12.4 Å². The third-order valence-electron chi connectivity index (χ3n) is 14.8. The summed E-state index contributed by atoms with van der Waals surface area (Å²) in [6.07, 6.45) is -10.3. The smallest absolute Gasteiger partial charge is 0.309 e. The molecule has 422 valence electrons. The van der Waals surface area contributed by atoms with Gasteiger partial charge < -0.3 is 9.13 Å². The molecule has 0 N–H and O–H groups in total. The first-order valence-corrected chi connectivity index (χ1v) is 27.0. The van der Waals surface area contributed by atoms with Gasteiger partial charge >= 0.3 is 12.4 Å². The molecule has 0 fully saturated rings. The van der Waals surface area contributed by atoms with Gasteiger partial charge in [0, 0.05) is 54.9 Å². The topological polar surface area (TPSA) is 188 Å². The maximum atomic E-state index is 14.7. The van der Waals surface area contributed by atoms with Crippen LogP contribution in [0.4, 0.5) is 26.3 Å². The van der Waals surface area contributed by atoms with Gasteiger partial charge in [-0.2, -0.15) is 31.6 Å². The lowest BCUT2D eigenvalue weighted by atomic mass is 9.93. The molecule has 0 unspecified atom stereocenters. The fraction of sp³-hybridized carbons (Fsp3) is 0.154. The van der Waals surface area contributed by atoms with Crippen molar-refractivity contribution in [3.05, 3.63) is 191 Å². The first-order chi connectivity index (χ1) is 41.0. The third kappa shape index (κ3) is 9.83. The number of nitriles is 1. The fourth-order valence-electron chi connectivity index (χ4n) is 11.4. The van der Waals surface area contributed by atoms with E-state index in [0.29, 0.717) is 136 Å². The SMILES string of the molecule is Cc1nc(C)nc(-c2ccc3c(c2)c2cc(-c4nc(C)nc(C)n4)ccc2n3-c2ccc(C#N)cc2-c2ccc(-c3cc(C(F)(F)F)cc(C(F)(F)F)c3)cc2-n2c3ccc(-c4nc(C)nc(C)n4)cc3c3cc(-c4nc(C)nc(C)n4)ccc32)n1. The number of alkyl halides is 6. The van der Waals surface area contributed by atoms with Crippen LogP contribution < -0.4 is 0 Å². The molecule has 6 heterocycles. The molecular weight excluding hydrogens is 1100 g/mol. The molecule has 0 saturated heterocycles.